The zero-order valence-corrected chi connectivity index (χ0v) is 15.7. The minimum Gasteiger partial charge on any atom is -0.496 e. The number of ether oxygens (including phenoxy) is 2. The van der Waals surface area contributed by atoms with Crippen molar-refractivity contribution in [3.05, 3.63) is 42.0 Å². The van der Waals surface area contributed by atoms with E-state index in [-0.39, 0.29) is 5.56 Å². The van der Waals surface area contributed by atoms with Gasteiger partial charge in [0.2, 0.25) is 0 Å². The van der Waals surface area contributed by atoms with Crippen LogP contribution in [0.1, 0.15) is 30.6 Å². The van der Waals surface area contributed by atoms with E-state index in [9.17, 15) is 14.4 Å². The first-order valence-electron chi connectivity index (χ1n) is 8.72. The van der Waals surface area contributed by atoms with Crippen molar-refractivity contribution in [1.82, 2.24) is 10.6 Å². The van der Waals surface area contributed by atoms with Gasteiger partial charge in [-0.3, -0.25) is 10.1 Å². The molecule has 2 N–H and O–H groups in total. The van der Waals surface area contributed by atoms with Gasteiger partial charge in [-0.15, -0.1) is 0 Å². The molecule has 2 aromatic rings. The normalized spacial score (nSPS) is 10.5. The first-order valence-corrected chi connectivity index (χ1v) is 8.72. The van der Waals surface area contributed by atoms with E-state index in [1.807, 2.05) is 38.1 Å². The number of amides is 3. The molecule has 0 radical (unpaired) electrons. The number of carbonyl (C=O) groups excluding carboxylic acids is 3. The summed E-state index contributed by atoms with van der Waals surface area (Å²) in [4.78, 5) is 35.7. The van der Waals surface area contributed by atoms with Gasteiger partial charge in [-0.05, 0) is 35.2 Å². The fourth-order valence-electron chi connectivity index (χ4n) is 2.44. The molecule has 144 valence electrons. The number of hydrogen-bond donors (Lipinski definition) is 2. The second-order valence-corrected chi connectivity index (χ2v) is 6.46. The summed E-state index contributed by atoms with van der Waals surface area (Å²) >= 11 is 0. The topological polar surface area (TPSA) is 93.7 Å². The third-order valence-electron chi connectivity index (χ3n) is 3.88. The molecule has 0 saturated carbocycles. The number of nitrogens with one attached hydrogen (secondary N) is 2. The van der Waals surface area contributed by atoms with E-state index in [4.69, 9.17) is 9.47 Å². The molecule has 0 aliphatic heterocycles. The maximum absolute atomic E-state index is 12.3. The molecule has 0 bridgehead atoms. The lowest BCUT2D eigenvalue weighted by atomic mass is 10.1. The first-order chi connectivity index (χ1) is 12.9. The number of benzene rings is 2. The van der Waals surface area contributed by atoms with Crippen LogP contribution in [0, 0.1) is 5.92 Å². The van der Waals surface area contributed by atoms with Crippen LogP contribution < -0.4 is 15.4 Å². The summed E-state index contributed by atoms with van der Waals surface area (Å²) < 4.78 is 10.3. The minimum absolute atomic E-state index is 0.213. The van der Waals surface area contributed by atoms with Gasteiger partial charge in [0.15, 0.2) is 6.61 Å². The highest BCUT2D eigenvalue weighted by Gasteiger charge is 2.17. The highest BCUT2D eigenvalue weighted by molar-refractivity contribution is 6.00. The highest BCUT2D eigenvalue weighted by Crippen LogP contribution is 2.26. The Morgan fingerprint density at radius 3 is 2.37 bits per heavy atom. The second kappa shape index (κ2) is 9.56. The van der Waals surface area contributed by atoms with Crippen LogP contribution in [0.25, 0.3) is 10.8 Å². The standard InChI is InChI=1S/C20H24N2O5/c1-13(2)8-9-21-20(25)22-18(23)12-27-19(24)16-10-14-6-4-5-7-15(14)11-17(16)26-3/h4-7,10-11,13H,8-9,12H2,1-3H3,(H2,21,22,23,25). The number of methoxy groups -OCH3 is 1. The minimum atomic E-state index is -0.704. The van der Waals surface area contributed by atoms with Crippen molar-refractivity contribution in [2.75, 3.05) is 20.3 Å². The van der Waals surface area contributed by atoms with Gasteiger partial charge < -0.3 is 14.8 Å². The molecular formula is C20H24N2O5. The molecule has 3 amide bonds. The molecule has 0 heterocycles. The largest absolute Gasteiger partial charge is 0.496 e. The van der Waals surface area contributed by atoms with Crippen LogP contribution in [0.5, 0.6) is 5.75 Å². The van der Waals surface area contributed by atoms with Gasteiger partial charge in [0, 0.05) is 6.54 Å². The number of esters is 1. The van der Waals surface area contributed by atoms with Crippen LogP contribution in [0.2, 0.25) is 0 Å². The average Bonchev–Trinajstić information content (AvgIpc) is 2.64. The predicted octanol–water partition coefficient (Wildman–Crippen LogP) is 2.88. The molecule has 0 fully saturated rings. The summed E-state index contributed by atoms with van der Waals surface area (Å²) in [6, 6.07) is 10.3. The van der Waals surface area contributed by atoms with Gasteiger partial charge >= 0.3 is 12.0 Å². The van der Waals surface area contributed by atoms with Crippen molar-refractivity contribution in [1.29, 1.82) is 0 Å². The van der Waals surface area contributed by atoms with Crippen molar-refractivity contribution < 1.29 is 23.9 Å². The number of carbonyl (C=O) groups is 3. The van der Waals surface area contributed by atoms with Gasteiger partial charge in [0.25, 0.3) is 5.91 Å². The number of fused-ring (bicyclic) bond motifs is 1. The van der Waals surface area contributed by atoms with Crippen LogP contribution in [0.4, 0.5) is 4.79 Å². The maximum Gasteiger partial charge on any atom is 0.342 e. The smallest absolute Gasteiger partial charge is 0.342 e. The Hall–Kier alpha value is -3.09. The molecule has 0 saturated heterocycles. The van der Waals surface area contributed by atoms with Crippen molar-refractivity contribution in [2.45, 2.75) is 20.3 Å². The molecule has 0 spiro atoms. The van der Waals surface area contributed by atoms with Crippen molar-refractivity contribution in [3.8, 4) is 5.75 Å². The third kappa shape index (κ3) is 5.99. The lowest BCUT2D eigenvalue weighted by Gasteiger charge is -2.11. The van der Waals surface area contributed by atoms with Crippen LogP contribution in [-0.2, 0) is 9.53 Å². The van der Waals surface area contributed by atoms with Gasteiger partial charge in [-0.2, -0.15) is 0 Å². The third-order valence-corrected chi connectivity index (χ3v) is 3.88. The molecule has 0 aliphatic carbocycles. The van der Waals surface area contributed by atoms with Gasteiger partial charge in [-0.25, -0.2) is 9.59 Å². The van der Waals surface area contributed by atoms with E-state index in [2.05, 4.69) is 10.6 Å². The van der Waals surface area contributed by atoms with E-state index >= 15 is 0 Å². The van der Waals surface area contributed by atoms with Gasteiger partial charge in [0.05, 0.1) is 7.11 Å². The SMILES string of the molecule is COc1cc2ccccc2cc1C(=O)OCC(=O)NC(=O)NCCC(C)C. The van der Waals surface area contributed by atoms with Gasteiger partial charge in [0.1, 0.15) is 11.3 Å². The van der Waals surface area contributed by atoms with Gasteiger partial charge in [-0.1, -0.05) is 38.1 Å². The Bertz CT molecular complexity index is 832. The molecule has 2 aromatic carbocycles. The average molecular weight is 372 g/mol. The van der Waals surface area contributed by atoms with E-state index in [1.54, 1.807) is 12.1 Å². The van der Waals surface area contributed by atoms with E-state index in [0.717, 1.165) is 17.2 Å². The summed E-state index contributed by atoms with van der Waals surface area (Å²) in [6.07, 6.45) is 0.804. The molecular weight excluding hydrogens is 348 g/mol. The number of hydrogen-bond acceptors (Lipinski definition) is 5. The molecule has 0 aromatic heterocycles. The van der Waals surface area contributed by atoms with E-state index in [1.165, 1.54) is 7.11 Å². The molecule has 0 aliphatic rings. The first kappa shape index (κ1) is 20.2. The summed E-state index contributed by atoms with van der Waals surface area (Å²) in [5.74, 6) is -0.609. The summed E-state index contributed by atoms with van der Waals surface area (Å²) in [5.41, 5.74) is 0.213. The molecule has 0 unspecified atom stereocenters. The zero-order valence-electron chi connectivity index (χ0n) is 15.7. The molecule has 2 rings (SSSR count). The number of rotatable bonds is 7. The van der Waals surface area contributed by atoms with Crippen molar-refractivity contribution in [3.63, 3.8) is 0 Å². The number of urea groups is 1. The second-order valence-electron chi connectivity index (χ2n) is 6.46. The van der Waals surface area contributed by atoms with E-state index < -0.39 is 24.5 Å². The molecule has 7 heteroatoms. The Balaban J connectivity index is 1.92. The Labute approximate surface area is 158 Å². The monoisotopic (exact) mass is 372 g/mol. The van der Waals surface area contributed by atoms with Crippen LogP contribution >= 0.6 is 0 Å². The molecule has 0 atom stereocenters. The lowest BCUT2D eigenvalue weighted by Crippen LogP contribution is -2.42. The Kier molecular flexibility index (Phi) is 7.16. The zero-order chi connectivity index (χ0) is 19.8. The maximum atomic E-state index is 12.3. The highest BCUT2D eigenvalue weighted by atomic mass is 16.5. The Morgan fingerprint density at radius 2 is 1.74 bits per heavy atom. The van der Waals surface area contributed by atoms with Crippen molar-refractivity contribution >= 4 is 28.7 Å². The Morgan fingerprint density at radius 1 is 1.07 bits per heavy atom. The summed E-state index contributed by atoms with van der Waals surface area (Å²) in [7, 11) is 1.45. The molecule has 27 heavy (non-hydrogen) atoms. The molecule has 7 nitrogen and oxygen atoms in total. The lowest BCUT2D eigenvalue weighted by molar-refractivity contribution is -0.123. The predicted molar refractivity (Wildman–Crippen MR) is 102 cm³/mol. The van der Waals surface area contributed by atoms with Crippen LogP contribution in [-0.4, -0.2) is 38.2 Å². The van der Waals surface area contributed by atoms with Crippen molar-refractivity contribution in [2.24, 2.45) is 5.92 Å². The number of imide groups is 1. The quantitative estimate of drug-likeness (QED) is 0.729. The van der Waals surface area contributed by atoms with Crippen LogP contribution in [0.3, 0.4) is 0 Å². The fraction of sp³-hybridized carbons (Fsp3) is 0.350. The summed E-state index contributed by atoms with van der Waals surface area (Å²) in [5, 5.41) is 6.46. The fourth-order valence-corrected chi connectivity index (χ4v) is 2.44. The van der Waals surface area contributed by atoms with E-state index in [0.29, 0.717) is 18.2 Å². The summed E-state index contributed by atoms with van der Waals surface area (Å²) in [6.45, 7) is 3.97. The van der Waals surface area contributed by atoms with Crippen LogP contribution in [0.15, 0.2) is 36.4 Å².